The molecule has 1 spiro atoms. The number of anilines is 1. The number of carbonyl (C=O) groups excluding carboxylic acids is 3. The standard InChI is InChI=1S/C23H32N4O4/c28-19(11-7-15-27-21(29)23(26-22(27)30)12-4-5-13-23)25-20-18(10-6-14-24-20)31-16-17-8-2-1-3-9-17/h6,10,14,17H,1-5,7-9,11-13,15-16H2,(H,26,30)(H,24,25,28). The highest BCUT2D eigenvalue weighted by Gasteiger charge is 2.52. The fraction of sp³-hybridized carbons (Fsp3) is 0.652. The Labute approximate surface area is 183 Å². The third-order valence-electron chi connectivity index (χ3n) is 6.72. The number of pyridine rings is 1. The van der Waals surface area contributed by atoms with Gasteiger partial charge < -0.3 is 15.4 Å². The van der Waals surface area contributed by atoms with Gasteiger partial charge in [-0.15, -0.1) is 0 Å². The van der Waals surface area contributed by atoms with Crippen molar-refractivity contribution in [1.82, 2.24) is 15.2 Å². The predicted octanol–water partition coefficient (Wildman–Crippen LogP) is 3.62. The largest absolute Gasteiger partial charge is 0.489 e. The van der Waals surface area contributed by atoms with E-state index in [4.69, 9.17) is 4.74 Å². The minimum atomic E-state index is -0.697. The minimum absolute atomic E-state index is 0.140. The highest BCUT2D eigenvalue weighted by atomic mass is 16.5. The van der Waals surface area contributed by atoms with Gasteiger partial charge in [0.15, 0.2) is 11.6 Å². The molecule has 3 aliphatic rings. The lowest BCUT2D eigenvalue weighted by Crippen LogP contribution is -2.44. The monoisotopic (exact) mass is 428 g/mol. The van der Waals surface area contributed by atoms with E-state index in [2.05, 4.69) is 15.6 Å². The maximum absolute atomic E-state index is 12.7. The summed E-state index contributed by atoms with van der Waals surface area (Å²) in [6.07, 6.45) is 11.7. The molecule has 0 unspecified atom stereocenters. The van der Waals surface area contributed by atoms with E-state index in [1.807, 2.05) is 6.07 Å². The number of hydrogen-bond acceptors (Lipinski definition) is 5. The molecule has 2 heterocycles. The summed E-state index contributed by atoms with van der Waals surface area (Å²) in [6, 6.07) is 3.28. The van der Waals surface area contributed by atoms with Crippen LogP contribution in [0.2, 0.25) is 0 Å². The molecule has 1 aromatic heterocycles. The number of rotatable bonds is 8. The Morgan fingerprint density at radius 1 is 1.19 bits per heavy atom. The molecule has 168 valence electrons. The van der Waals surface area contributed by atoms with Gasteiger partial charge in [0.2, 0.25) is 5.91 Å². The molecule has 0 atom stereocenters. The zero-order valence-corrected chi connectivity index (χ0v) is 18.0. The Balaban J connectivity index is 1.25. The van der Waals surface area contributed by atoms with Crippen LogP contribution in [0.5, 0.6) is 5.75 Å². The van der Waals surface area contributed by atoms with E-state index in [1.165, 1.54) is 37.0 Å². The summed E-state index contributed by atoms with van der Waals surface area (Å²) in [5, 5.41) is 5.68. The van der Waals surface area contributed by atoms with Crippen LogP contribution in [0.15, 0.2) is 18.3 Å². The van der Waals surface area contributed by atoms with Crippen LogP contribution in [0, 0.1) is 5.92 Å². The number of hydrogen-bond donors (Lipinski definition) is 2. The predicted molar refractivity (Wildman–Crippen MR) is 116 cm³/mol. The van der Waals surface area contributed by atoms with Crippen molar-refractivity contribution in [3.8, 4) is 5.75 Å². The van der Waals surface area contributed by atoms with Gasteiger partial charge in [-0.2, -0.15) is 0 Å². The Morgan fingerprint density at radius 3 is 2.74 bits per heavy atom. The number of imide groups is 1. The third-order valence-corrected chi connectivity index (χ3v) is 6.72. The lowest BCUT2D eigenvalue weighted by atomic mass is 9.90. The van der Waals surface area contributed by atoms with Gasteiger partial charge in [-0.3, -0.25) is 14.5 Å². The lowest BCUT2D eigenvalue weighted by Gasteiger charge is -2.22. The van der Waals surface area contributed by atoms with Crippen molar-refractivity contribution in [2.24, 2.45) is 5.92 Å². The van der Waals surface area contributed by atoms with Crippen LogP contribution in [0.4, 0.5) is 10.6 Å². The van der Waals surface area contributed by atoms with Gasteiger partial charge in [-0.1, -0.05) is 32.1 Å². The number of urea groups is 1. The number of aromatic nitrogens is 1. The normalized spacial score (nSPS) is 20.8. The fourth-order valence-corrected chi connectivity index (χ4v) is 4.95. The minimum Gasteiger partial charge on any atom is -0.489 e. The smallest absolute Gasteiger partial charge is 0.325 e. The SMILES string of the molecule is O=C(CCCN1C(=O)NC2(CCCC2)C1=O)Nc1ncccc1OCC1CCCCC1. The Kier molecular flexibility index (Phi) is 6.73. The molecule has 4 amide bonds. The van der Waals surface area contributed by atoms with Crippen molar-refractivity contribution < 1.29 is 19.1 Å². The van der Waals surface area contributed by atoms with Crippen LogP contribution in [-0.2, 0) is 9.59 Å². The van der Waals surface area contributed by atoms with Crippen LogP contribution in [0.1, 0.15) is 70.6 Å². The van der Waals surface area contributed by atoms with E-state index >= 15 is 0 Å². The highest BCUT2D eigenvalue weighted by Crippen LogP contribution is 2.35. The number of ether oxygens (including phenoxy) is 1. The molecule has 2 aliphatic carbocycles. The molecule has 0 aromatic carbocycles. The van der Waals surface area contributed by atoms with Crippen molar-refractivity contribution in [3.05, 3.63) is 18.3 Å². The molecule has 3 fully saturated rings. The van der Waals surface area contributed by atoms with Crippen molar-refractivity contribution in [2.75, 3.05) is 18.5 Å². The molecular formula is C23H32N4O4. The summed E-state index contributed by atoms with van der Waals surface area (Å²) in [6.45, 7) is 0.885. The van der Waals surface area contributed by atoms with Crippen LogP contribution < -0.4 is 15.4 Å². The summed E-state index contributed by atoms with van der Waals surface area (Å²) in [4.78, 5) is 42.9. The zero-order chi connectivity index (χ0) is 21.7. The zero-order valence-electron chi connectivity index (χ0n) is 18.0. The molecular weight excluding hydrogens is 396 g/mol. The molecule has 2 N–H and O–H groups in total. The first-order chi connectivity index (χ1) is 15.1. The first-order valence-electron chi connectivity index (χ1n) is 11.6. The molecule has 1 saturated heterocycles. The second-order valence-electron chi connectivity index (χ2n) is 8.99. The Morgan fingerprint density at radius 2 is 1.97 bits per heavy atom. The van der Waals surface area contributed by atoms with E-state index in [9.17, 15) is 14.4 Å². The van der Waals surface area contributed by atoms with Crippen LogP contribution in [0.25, 0.3) is 0 Å². The molecule has 8 heteroatoms. The second-order valence-corrected chi connectivity index (χ2v) is 8.99. The van der Waals surface area contributed by atoms with Gasteiger partial charge in [0.1, 0.15) is 5.54 Å². The first-order valence-corrected chi connectivity index (χ1v) is 11.6. The third kappa shape index (κ3) is 4.99. The summed E-state index contributed by atoms with van der Waals surface area (Å²) >= 11 is 0. The van der Waals surface area contributed by atoms with Gasteiger partial charge >= 0.3 is 6.03 Å². The van der Waals surface area contributed by atoms with Crippen molar-refractivity contribution in [2.45, 2.75) is 76.2 Å². The van der Waals surface area contributed by atoms with E-state index < -0.39 is 5.54 Å². The van der Waals surface area contributed by atoms with Crippen molar-refractivity contribution in [1.29, 1.82) is 0 Å². The number of nitrogens with zero attached hydrogens (tertiary/aromatic N) is 2. The molecule has 0 radical (unpaired) electrons. The quantitative estimate of drug-likeness (QED) is 0.616. The van der Waals surface area contributed by atoms with Gasteiger partial charge in [-0.25, -0.2) is 9.78 Å². The topological polar surface area (TPSA) is 101 Å². The van der Waals surface area contributed by atoms with E-state index in [0.717, 1.165) is 12.8 Å². The molecule has 1 aromatic rings. The molecule has 1 aliphatic heterocycles. The first kappa shape index (κ1) is 21.6. The molecule has 8 nitrogen and oxygen atoms in total. The van der Waals surface area contributed by atoms with Gasteiger partial charge in [0.05, 0.1) is 6.61 Å². The number of carbonyl (C=O) groups is 3. The summed E-state index contributed by atoms with van der Waals surface area (Å²) < 4.78 is 5.96. The summed E-state index contributed by atoms with van der Waals surface area (Å²) in [5.74, 6) is 1.22. The summed E-state index contributed by atoms with van der Waals surface area (Å²) in [5.41, 5.74) is -0.697. The number of amides is 4. The van der Waals surface area contributed by atoms with Gasteiger partial charge in [0.25, 0.3) is 5.91 Å². The maximum Gasteiger partial charge on any atom is 0.325 e. The van der Waals surface area contributed by atoms with Gasteiger partial charge in [-0.05, 0) is 50.2 Å². The molecule has 31 heavy (non-hydrogen) atoms. The average molecular weight is 429 g/mol. The van der Waals surface area contributed by atoms with Crippen molar-refractivity contribution in [3.63, 3.8) is 0 Å². The fourth-order valence-electron chi connectivity index (χ4n) is 4.95. The molecule has 2 saturated carbocycles. The van der Waals surface area contributed by atoms with E-state index in [-0.39, 0.29) is 30.8 Å². The lowest BCUT2D eigenvalue weighted by molar-refractivity contribution is -0.131. The van der Waals surface area contributed by atoms with Crippen LogP contribution >= 0.6 is 0 Å². The molecule has 4 rings (SSSR count). The Bertz CT molecular complexity index is 816. The second kappa shape index (κ2) is 9.66. The average Bonchev–Trinajstić information content (AvgIpc) is 3.34. The van der Waals surface area contributed by atoms with E-state index in [0.29, 0.717) is 43.4 Å². The molecule has 0 bridgehead atoms. The summed E-state index contributed by atoms with van der Waals surface area (Å²) in [7, 11) is 0. The van der Waals surface area contributed by atoms with Gasteiger partial charge in [0, 0.05) is 19.2 Å². The van der Waals surface area contributed by atoms with Crippen LogP contribution in [-0.4, -0.2) is 46.4 Å². The van der Waals surface area contributed by atoms with E-state index in [1.54, 1.807) is 12.3 Å². The van der Waals surface area contributed by atoms with Crippen molar-refractivity contribution >= 4 is 23.7 Å². The van der Waals surface area contributed by atoms with Crippen LogP contribution in [0.3, 0.4) is 0 Å². The number of nitrogens with one attached hydrogen (secondary N) is 2. The maximum atomic E-state index is 12.7. The highest BCUT2D eigenvalue weighted by molar-refractivity contribution is 6.07. The Hall–Kier alpha value is -2.64.